The van der Waals surface area contributed by atoms with E-state index in [0.717, 1.165) is 42.9 Å². The molecule has 0 saturated carbocycles. The second-order valence-electron chi connectivity index (χ2n) is 8.74. The average molecular weight is 457 g/mol. The molecule has 10 heteroatoms. The molecule has 1 atom stereocenters. The van der Waals surface area contributed by atoms with E-state index in [9.17, 15) is 24.7 Å². The molecule has 3 rings (SSSR count). The first-order chi connectivity index (χ1) is 15.7. The number of hydrogen-bond acceptors (Lipinski definition) is 6. The van der Waals surface area contributed by atoms with Crippen LogP contribution in [-0.4, -0.2) is 83.0 Å². The molecule has 2 aromatic carbocycles. The number of amides is 1. The molecule has 1 aliphatic heterocycles. The zero-order valence-corrected chi connectivity index (χ0v) is 18.6. The van der Waals surface area contributed by atoms with Crippen LogP contribution in [0.3, 0.4) is 0 Å². The number of carbonyl (C=O) groups excluding carboxylic acids is 1. The number of quaternary nitrogens is 1. The molecule has 0 spiro atoms. The van der Waals surface area contributed by atoms with Crippen molar-refractivity contribution in [2.24, 2.45) is 0 Å². The third kappa shape index (κ3) is 6.78. The first-order valence-electron chi connectivity index (χ1n) is 10.9. The van der Waals surface area contributed by atoms with Crippen LogP contribution in [0, 0.1) is 0 Å². The van der Waals surface area contributed by atoms with E-state index in [4.69, 9.17) is 9.84 Å². The third-order valence-electron chi connectivity index (χ3n) is 6.00. The monoisotopic (exact) mass is 457 g/mol. The van der Waals surface area contributed by atoms with Crippen LogP contribution in [0.5, 0.6) is 5.75 Å². The van der Waals surface area contributed by atoms with E-state index in [2.05, 4.69) is 12.4 Å². The molecule has 0 unspecified atom stereocenters. The van der Waals surface area contributed by atoms with Gasteiger partial charge in [0.2, 0.25) is 5.91 Å². The summed E-state index contributed by atoms with van der Waals surface area (Å²) in [5.74, 6) is -3.29. The summed E-state index contributed by atoms with van der Waals surface area (Å²) in [6.45, 7) is 4.31. The number of aromatic hydroxyl groups is 1. The predicted molar refractivity (Wildman–Crippen MR) is 121 cm³/mol. The van der Waals surface area contributed by atoms with Crippen LogP contribution in [0.15, 0.2) is 42.5 Å². The summed E-state index contributed by atoms with van der Waals surface area (Å²) < 4.78 is 6.35. The second-order valence-corrected chi connectivity index (χ2v) is 8.74. The molecular weight excluding hydrogens is 427 g/mol. The third-order valence-corrected chi connectivity index (χ3v) is 6.00. The quantitative estimate of drug-likeness (QED) is 0.271. The highest BCUT2D eigenvalue weighted by atomic mass is 16.5. The van der Waals surface area contributed by atoms with E-state index in [-0.39, 0.29) is 24.0 Å². The Bertz CT molecular complexity index is 975. The number of aromatic carboxylic acids is 1. The number of benzene rings is 2. The van der Waals surface area contributed by atoms with Crippen LogP contribution < -0.4 is 5.32 Å². The van der Waals surface area contributed by atoms with Crippen LogP contribution in [0.25, 0.3) is 0 Å². The summed E-state index contributed by atoms with van der Waals surface area (Å²) in [5, 5.41) is 41.3. The van der Waals surface area contributed by atoms with Gasteiger partial charge in [-0.2, -0.15) is 0 Å². The van der Waals surface area contributed by atoms with Crippen molar-refractivity contribution >= 4 is 19.0 Å². The number of nitrogens with zero attached hydrogens (tertiary/aromatic N) is 1. The minimum Gasteiger partial charge on any atom is -0.507 e. The van der Waals surface area contributed by atoms with Gasteiger partial charge in [0.05, 0.1) is 32.6 Å². The molecule has 0 aliphatic carbocycles. The fourth-order valence-corrected chi connectivity index (χ4v) is 3.98. The number of ether oxygens (including phenoxy) is 1. The number of carboxylic acid groups (broad SMARTS) is 1. The van der Waals surface area contributed by atoms with Crippen molar-refractivity contribution in [2.45, 2.75) is 25.3 Å². The van der Waals surface area contributed by atoms with Crippen molar-refractivity contribution in [3.63, 3.8) is 0 Å². The van der Waals surface area contributed by atoms with Gasteiger partial charge in [-0.05, 0) is 23.6 Å². The van der Waals surface area contributed by atoms with Crippen LogP contribution in [0.4, 0.5) is 0 Å². The number of likely N-dealkylation sites (N-methyl/N-ethyl adjacent to an activating group) is 1. The Morgan fingerprint density at radius 2 is 1.73 bits per heavy atom. The topological polar surface area (TPSA) is 136 Å². The van der Waals surface area contributed by atoms with Gasteiger partial charge in [0.1, 0.15) is 30.9 Å². The predicted octanol–water partition coefficient (Wildman–Crippen LogP) is 0.349. The van der Waals surface area contributed by atoms with Gasteiger partial charge in [-0.1, -0.05) is 36.4 Å². The van der Waals surface area contributed by atoms with Gasteiger partial charge in [-0.25, -0.2) is 4.79 Å². The molecule has 1 amide bonds. The summed E-state index contributed by atoms with van der Waals surface area (Å²) in [4.78, 5) is 23.7. The van der Waals surface area contributed by atoms with Crippen molar-refractivity contribution in [2.75, 3.05) is 33.4 Å². The highest BCUT2D eigenvalue weighted by Crippen LogP contribution is 2.24. The molecule has 33 heavy (non-hydrogen) atoms. The SMILES string of the molecule is C[N+]1(Cc2ccc(CC(=O)N[C@@H](Cc3cccc(C(=O)O)c3O)B(O)O)cc2)CCOCC1. The van der Waals surface area contributed by atoms with E-state index in [0.29, 0.717) is 0 Å². The number of hydrogen-bond donors (Lipinski definition) is 5. The van der Waals surface area contributed by atoms with Crippen molar-refractivity contribution in [1.29, 1.82) is 0 Å². The van der Waals surface area contributed by atoms with E-state index in [1.807, 2.05) is 24.3 Å². The zero-order chi connectivity index (χ0) is 24.0. The Labute approximate surface area is 193 Å². The normalized spacial score (nSPS) is 16.1. The van der Waals surface area contributed by atoms with Gasteiger partial charge in [-0.15, -0.1) is 0 Å². The lowest BCUT2D eigenvalue weighted by Crippen LogP contribution is -2.51. The van der Waals surface area contributed by atoms with Crippen LogP contribution in [0.2, 0.25) is 0 Å². The summed E-state index contributed by atoms with van der Waals surface area (Å²) in [6, 6.07) is 11.9. The number of para-hydroxylation sites is 1. The minimum atomic E-state index is -1.89. The van der Waals surface area contributed by atoms with E-state index < -0.39 is 30.7 Å². The van der Waals surface area contributed by atoms with Crippen molar-refractivity contribution in [1.82, 2.24) is 5.32 Å². The lowest BCUT2D eigenvalue weighted by molar-refractivity contribution is -0.929. The van der Waals surface area contributed by atoms with Gasteiger partial charge >= 0.3 is 13.1 Å². The molecule has 1 saturated heterocycles. The average Bonchev–Trinajstić information content (AvgIpc) is 2.76. The lowest BCUT2D eigenvalue weighted by Gasteiger charge is -2.37. The maximum absolute atomic E-state index is 12.5. The fraction of sp³-hybridized carbons (Fsp3) is 0.391. The number of phenols is 1. The maximum Gasteiger partial charge on any atom is 0.475 e. The maximum atomic E-state index is 12.5. The number of carboxylic acids is 1. The molecule has 2 aromatic rings. The molecule has 1 heterocycles. The Hall–Kier alpha value is -2.92. The molecule has 176 valence electrons. The van der Waals surface area contributed by atoms with Gasteiger partial charge in [0.25, 0.3) is 0 Å². The fourth-order valence-electron chi connectivity index (χ4n) is 3.98. The molecule has 1 fully saturated rings. The number of carbonyl (C=O) groups is 2. The van der Waals surface area contributed by atoms with Crippen molar-refractivity contribution in [3.8, 4) is 5.75 Å². The van der Waals surface area contributed by atoms with Crippen LogP contribution in [-0.2, 0) is 28.9 Å². The standard InChI is InChI=1S/C23H29BN2O7/c1-26(9-11-33-12-10-26)15-17-7-5-16(6-8-17)13-21(27)25-20(24(31)32)14-18-3-2-4-19(22(18)28)23(29)30/h2-8,20,31-32H,9-15H2,1H3,(H2-,25,27,28,29,30)/p+1/t20-/m0/s1. The molecule has 0 aromatic heterocycles. The highest BCUT2D eigenvalue weighted by Gasteiger charge is 2.28. The van der Waals surface area contributed by atoms with Crippen molar-refractivity contribution in [3.05, 3.63) is 64.7 Å². The van der Waals surface area contributed by atoms with Crippen LogP contribution >= 0.6 is 0 Å². The van der Waals surface area contributed by atoms with Gasteiger partial charge < -0.3 is 34.8 Å². The van der Waals surface area contributed by atoms with Gasteiger partial charge in [-0.3, -0.25) is 4.79 Å². The Kier molecular flexibility index (Phi) is 8.09. The van der Waals surface area contributed by atoms with Gasteiger partial charge in [0, 0.05) is 5.56 Å². The molecule has 1 aliphatic rings. The number of nitrogens with one attached hydrogen (secondary N) is 1. The Morgan fingerprint density at radius 3 is 2.33 bits per heavy atom. The molecule has 0 radical (unpaired) electrons. The summed E-state index contributed by atoms with van der Waals surface area (Å²) in [6.07, 6.45) is -0.0971. The van der Waals surface area contributed by atoms with E-state index in [1.165, 1.54) is 23.8 Å². The summed E-state index contributed by atoms with van der Waals surface area (Å²) in [7, 11) is 0.316. The molecule has 0 bridgehead atoms. The first-order valence-corrected chi connectivity index (χ1v) is 10.9. The largest absolute Gasteiger partial charge is 0.507 e. The first kappa shape index (κ1) is 24.7. The van der Waals surface area contributed by atoms with Crippen LogP contribution in [0.1, 0.15) is 27.0 Å². The summed E-state index contributed by atoms with van der Waals surface area (Å²) >= 11 is 0. The second kappa shape index (κ2) is 10.8. The van der Waals surface area contributed by atoms with Gasteiger partial charge in [0.15, 0.2) is 0 Å². The smallest absolute Gasteiger partial charge is 0.475 e. The minimum absolute atomic E-state index is 0.0462. The molecule has 9 nitrogen and oxygen atoms in total. The number of morpholine rings is 1. The Morgan fingerprint density at radius 1 is 1.09 bits per heavy atom. The highest BCUT2D eigenvalue weighted by molar-refractivity contribution is 6.43. The Balaban J connectivity index is 1.60. The zero-order valence-electron chi connectivity index (χ0n) is 18.6. The van der Waals surface area contributed by atoms with E-state index in [1.54, 1.807) is 0 Å². The molecular formula is C23H30BN2O7+. The molecule has 5 N–H and O–H groups in total. The summed E-state index contributed by atoms with van der Waals surface area (Å²) in [5.41, 5.74) is 1.85. The number of rotatable bonds is 9. The lowest BCUT2D eigenvalue weighted by atomic mass is 9.75. The van der Waals surface area contributed by atoms with Crippen molar-refractivity contribution < 1.29 is 39.1 Å². The van der Waals surface area contributed by atoms with E-state index >= 15 is 0 Å².